The van der Waals surface area contributed by atoms with E-state index in [4.69, 9.17) is 5.73 Å². The van der Waals surface area contributed by atoms with Crippen LogP contribution in [0.1, 0.15) is 46.1 Å². The smallest absolute Gasteiger partial charge is 0.234 e. The van der Waals surface area contributed by atoms with Crippen LogP contribution in [0.4, 0.5) is 0 Å². The second kappa shape index (κ2) is 7.16. The van der Waals surface area contributed by atoms with Crippen LogP contribution in [0.5, 0.6) is 0 Å². The lowest BCUT2D eigenvalue weighted by Crippen LogP contribution is -2.47. The highest BCUT2D eigenvalue weighted by Crippen LogP contribution is 2.11. The van der Waals surface area contributed by atoms with Crippen LogP contribution < -0.4 is 11.1 Å². The van der Waals surface area contributed by atoms with Gasteiger partial charge in [0.05, 0.1) is 12.1 Å². The van der Waals surface area contributed by atoms with E-state index in [0.29, 0.717) is 0 Å². The molecule has 3 N–H and O–H groups in total. The number of amides is 1. The van der Waals surface area contributed by atoms with Crippen molar-refractivity contribution in [1.29, 1.82) is 0 Å². The Morgan fingerprint density at radius 3 is 2.72 bits per heavy atom. The van der Waals surface area contributed by atoms with E-state index >= 15 is 0 Å². The average Bonchev–Trinajstić information content (AvgIpc) is 2.86. The number of unbranched alkanes of at least 4 members (excludes halogenated alkanes) is 1. The van der Waals surface area contributed by atoms with Crippen molar-refractivity contribution < 1.29 is 4.79 Å². The van der Waals surface area contributed by atoms with E-state index < -0.39 is 0 Å². The van der Waals surface area contributed by atoms with Crippen LogP contribution in [-0.2, 0) is 4.79 Å². The van der Waals surface area contributed by atoms with Crippen molar-refractivity contribution >= 4 is 5.91 Å². The van der Waals surface area contributed by atoms with E-state index in [-0.39, 0.29) is 24.0 Å². The van der Waals surface area contributed by atoms with Gasteiger partial charge in [0, 0.05) is 18.4 Å². The van der Waals surface area contributed by atoms with Crippen LogP contribution in [0.2, 0.25) is 0 Å². The molecule has 0 aromatic carbocycles. The van der Waals surface area contributed by atoms with Crippen molar-refractivity contribution in [3.8, 4) is 0 Å². The van der Waals surface area contributed by atoms with Gasteiger partial charge in [-0.3, -0.25) is 9.48 Å². The van der Waals surface area contributed by atoms with Gasteiger partial charge in [-0.2, -0.15) is 5.10 Å². The Bertz CT molecular complexity index is 350. The standard InChI is InChI=1S/C13H24N4O/c1-4-5-7-12(13(14)18)16-10(2)11(3)17-9-6-8-15-17/h6,8-12,16H,4-5,7H2,1-3H3,(H2,14,18)/t10-,11+,12-/m0/s1. The third kappa shape index (κ3) is 4.14. The molecule has 0 saturated carbocycles. The van der Waals surface area contributed by atoms with E-state index in [1.807, 2.05) is 23.9 Å². The van der Waals surface area contributed by atoms with E-state index in [0.717, 1.165) is 19.3 Å². The molecule has 18 heavy (non-hydrogen) atoms. The molecule has 0 spiro atoms. The summed E-state index contributed by atoms with van der Waals surface area (Å²) >= 11 is 0. The summed E-state index contributed by atoms with van der Waals surface area (Å²) in [4.78, 5) is 11.4. The molecule has 0 radical (unpaired) electrons. The van der Waals surface area contributed by atoms with Gasteiger partial charge in [-0.05, 0) is 26.3 Å². The normalized spacial score (nSPS) is 16.2. The fraction of sp³-hybridized carbons (Fsp3) is 0.692. The lowest BCUT2D eigenvalue weighted by Gasteiger charge is -2.26. The molecular weight excluding hydrogens is 228 g/mol. The summed E-state index contributed by atoms with van der Waals surface area (Å²) in [6.07, 6.45) is 6.54. The zero-order valence-corrected chi connectivity index (χ0v) is 11.5. The molecule has 0 fully saturated rings. The number of hydrogen-bond donors (Lipinski definition) is 2. The summed E-state index contributed by atoms with van der Waals surface area (Å²) < 4.78 is 1.88. The molecule has 0 aliphatic rings. The molecule has 102 valence electrons. The van der Waals surface area contributed by atoms with Crippen LogP contribution >= 0.6 is 0 Å². The van der Waals surface area contributed by atoms with Crippen LogP contribution in [0.25, 0.3) is 0 Å². The fourth-order valence-corrected chi connectivity index (χ4v) is 1.92. The van der Waals surface area contributed by atoms with E-state index in [2.05, 4.69) is 24.3 Å². The molecule has 5 heteroatoms. The van der Waals surface area contributed by atoms with Gasteiger partial charge in [-0.1, -0.05) is 19.8 Å². The van der Waals surface area contributed by atoms with Crippen molar-refractivity contribution in [2.75, 3.05) is 0 Å². The van der Waals surface area contributed by atoms with Crippen molar-refractivity contribution in [3.05, 3.63) is 18.5 Å². The number of rotatable bonds is 8. The Morgan fingerprint density at radius 1 is 1.50 bits per heavy atom. The summed E-state index contributed by atoms with van der Waals surface area (Å²) in [5, 5.41) is 7.52. The molecule has 0 aliphatic heterocycles. The second-order valence-electron chi connectivity index (χ2n) is 4.78. The van der Waals surface area contributed by atoms with Gasteiger partial charge < -0.3 is 11.1 Å². The lowest BCUT2D eigenvalue weighted by molar-refractivity contribution is -0.120. The maximum absolute atomic E-state index is 11.4. The number of nitrogens with two attached hydrogens (primary N) is 1. The highest BCUT2D eigenvalue weighted by atomic mass is 16.1. The molecule has 5 nitrogen and oxygen atoms in total. The SMILES string of the molecule is CCCC[C@H](N[C@@H](C)[C@@H](C)n1cccn1)C(N)=O. The summed E-state index contributed by atoms with van der Waals surface area (Å²) in [6, 6.07) is 1.96. The molecule has 0 saturated heterocycles. The Balaban J connectivity index is 2.55. The average molecular weight is 252 g/mol. The van der Waals surface area contributed by atoms with Gasteiger partial charge in [0.2, 0.25) is 5.91 Å². The Hall–Kier alpha value is -1.36. The third-order valence-electron chi connectivity index (χ3n) is 3.32. The van der Waals surface area contributed by atoms with Crippen molar-refractivity contribution in [3.63, 3.8) is 0 Å². The minimum absolute atomic E-state index is 0.138. The van der Waals surface area contributed by atoms with E-state index in [9.17, 15) is 4.79 Å². The largest absolute Gasteiger partial charge is 0.368 e. The number of primary amides is 1. The van der Waals surface area contributed by atoms with Crippen LogP contribution in [0.3, 0.4) is 0 Å². The molecule has 1 aromatic rings. The quantitative estimate of drug-likeness (QED) is 0.735. The summed E-state index contributed by atoms with van der Waals surface area (Å²) in [7, 11) is 0. The fourth-order valence-electron chi connectivity index (χ4n) is 1.92. The van der Waals surface area contributed by atoms with Gasteiger partial charge >= 0.3 is 0 Å². The van der Waals surface area contributed by atoms with Crippen molar-refractivity contribution in [2.24, 2.45) is 5.73 Å². The van der Waals surface area contributed by atoms with Crippen LogP contribution in [0, 0.1) is 0 Å². The first kappa shape index (κ1) is 14.7. The lowest BCUT2D eigenvalue weighted by atomic mass is 10.1. The minimum Gasteiger partial charge on any atom is -0.368 e. The monoisotopic (exact) mass is 252 g/mol. The molecule has 0 unspecified atom stereocenters. The molecular formula is C13H24N4O. The van der Waals surface area contributed by atoms with Gasteiger partial charge in [0.25, 0.3) is 0 Å². The third-order valence-corrected chi connectivity index (χ3v) is 3.32. The summed E-state index contributed by atoms with van der Waals surface area (Å²) in [5.74, 6) is -0.275. The molecule has 3 atom stereocenters. The molecule has 1 heterocycles. The first-order valence-corrected chi connectivity index (χ1v) is 6.60. The highest BCUT2D eigenvalue weighted by molar-refractivity contribution is 5.79. The number of carbonyl (C=O) groups excluding carboxylic acids is 1. The predicted octanol–water partition coefficient (Wildman–Crippen LogP) is 1.47. The number of aromatic nitrogens is 2. The first-order chi connectivity index (χ1) is 8.56. The Morgan fingerprint density at radius 2 is 2.22 bits per heavy atom. The van der Waals surface area contributed by atoms with Crippen molar-refractivity contribution in [2.45, 2.75) is 58.2 Å². The Kier molecular flexibility index (Phi) is 5.85. The van der Waals surface area contributed by atoms with E-state index in [1.165, 1.54) is 0 Å². The minimum atomic E-state index is -0.275. The molecule has 0 bridgehead atoms. The summed E-state index contributed by atoms with van der Waals surface area (Å²) in [6.45, 7) is 6.23. The maximum atomic E-state index is 11.4. The topological polar surface area (TPSA) is 72.9 Å². The van der Waals surface area contributed by atoms with Gasteiger partial charge in [-0.15, -0.1) is 0 Å². The molecule has 1 amide bonds. The van der Waals surface area contributed by atoms with E-state index in [1.54, 1.807) is 6.20 Å². The van der Waals surface area contributed by atoms with Gasteiger partial charge in [-0.25, -0.2) is 0 Å². The maximum Gasteiger partial charge on any atom is 0.234 e. The summed E-state index contributed by atoms with van der Waals surface area (Å²) in [5.41, 5.74) is 5.42. The number of hydrogen-bond acceptors (Lipinski definition) is 3. The second-order valence-corrected chi connectivity index (χ2v) is 4.78. The Labute approximate surface area is 109 Å². The first-order valence-electron chi connectivity index (χ1n) is 6.60. The van der Waals surface area contributed by atoms with Crippen molar-refractivity contribution in [1.82, 2.24) is 15.1 Å². The zero-order chi connectivity index (χ0) is 13.5. The predicted molar refractivity (Wildman–Crippen MR) is 72.0 cm³/mol. The van der Waals surface area contributed by atoms with Gasteiger partial charge in [0.1, 0.15) is 0 Å². The highest BCUT2D eigenvalue weighted by Gasteiger charge is 2.21. The molecule has 1 rings (SSSR count). The number of carbonyl (C=O) groups is 1. The number of nitrogens with zero attached hydrogens (tertiary/aromatic N) is 2. The van der Waals surface area contributed by atoms with Gasteiger partial charge in [0.15, 0.2) is 0 Å². The molecule has 1 aromatic heterocycles. The zero-order valence-electron chi connectivity index (χ0n) is 11.5. The van der Waals surface area contributed by atoms with Crippen LogP contribution in [-0.4, -0.2) is 27.8 Å². The molecule has 0 aliphatic carbocycles. The van der Waals surface area contributed by atoms with Crippen LogP contribution in [0.15, 0.2) is 18.5 Å². The number of nitrogens with one attached hydrogen (secondary N) is 1.